The minimum Gasteiger partial charge on any atom is -0.464 e. The monoisotopic (exact) mass is 372 g/mol. The van der Waals surface area contributed by atoms with Gasteiger partial charge in [0.15, 0.2) is 0 Å². The molecule has 0 spiro atoms. The molecular formula is C18H32N2O6. The summed E-state index contributed by atoms with van der Waals surface area (Å²) in [5.41, 5.74) is 0. The summed E-state index contributed by atoms with van der Waals surface area (Å²) in [6, 6.07) is 0. The Hall–Kier alpha value is -1.96. The molecule has 0 aromatic heterocycles. The topological polar surface area (TPSA) is 93.2 Å². The number of nitrogens with zero attached hydrogens (tertiary/aromatic N) is 2. The number of methoxy groups -OCH3 is 1. The molecule has 0 aromatic carbocycles. The normalized spacial score (nSPS) is 10.3. The Balaban J connectivity index is 4.39. The van der Waals surface area contributed by atoms with Crippen molar-refractivity contribution in [3.05, 3.63) is 0 Å². The fraction of sp³-hybridized carbons (Fsp3) is 0.778. The van der Waals surface area contributed by atoms with Gasteiger partial charge < -0.3 is 24.1 Å². The van der Waals surface area contributed by atoms with Gasteiger partial charge in [-0.25, -0.2) is 0 Å². The summed E-state index contributed by atoms with van der Waals surface area (Å²) < 4.78 is 10.0. The van der Waals surface area contributed by atoms with Crippen molar-refractivity contribution in [2.45, 2.75) is 46.5 Å². The highest BCUT2D eigenvalue weighted by molar-refractivity contribution is 5.84. The van der Waals surface area contributed by atoms with Crippen LogP contribution in [0.3, 0.4) is 0 Å². The van der Waals surface area contributed by atoms with Crippen LogP contribution in [0.4, 0.5) is 0 Å². The minimum atomic E-state index is -0.462. The molecule has 0 radical (unpaired) electrons. The first-order valence-corrected chi connectivity index (χ1v) is 9.05. The summed E-state index contributed by atoms with van der Waals surface area (Å²) in [4.78, 5) is 49.9. The van der Waals surface area contributed by atoms with Crippen LogP contribution in [0.15, 0.2) is 0 Å². The molecule has 0 rings (SSSR count). The van der Waals surface area contributed by atoms with Gasteiger partial charge in [-0.1, -0.05) is 0 Å². The molecule has 0 unspecified atom stereocenters. The Kier molecular flexibility index (Phi) is 13.2. The number of esters is 1. The molecule has 26 heavy (non-hydrogen) atoms. The van der Waals surface area contributed by atoms with Crippen molar-refractivity contribution >= 4 is 23.6 Å². The Labute approximate surface area is 155 Å². The second kappa shape index (κ2) is 14.2. The second-order valence-electron chi connectivity index (χ2n) is 5.86. The van der Waals surface area contributed by atoms with Crippen LogP contribution in [-0.2, 0) is 28.7 Å². The van der Waals surface area contributed by atoms with Gasteiger partial charge in [0.05, 0.1) is 19.6 Å². The lowest BCUT2D eigenvalue weighted by Crippen LogP contribution is -2.38. The van der Waals surface area contributed by atoms with E-state index < -0.39 is 5.97 Å². The van der Waals surface area contributed by atoms with Gasteiger partial charge in [0.25, 0.3) is 0 Å². The molecule has 150 valence electrons. The summed E-state index contributed by atoms with van der Waals surface area (Å²) in [5.74, 6) is -0.763. The lowest BCUT2D eigenvalue weighted by molar-refractivity contribution is -0.147. The van der Waals surface area contributed by atoms with Gasteiger partial charge in [-0.3, -0.25) is 14.4 Å². The van der Waals surface area contributed by atoms with E-state index in [1.807, 2.05) is 13.8 Å². The molecule has 0 aliphatic rings. The van der Waals surface area contributed by atoms with E-state index in [1.165, 1.54) is 18.9 Å². The first-order valence-electron chi connectivity index (χ1n) is 9.05. The molecule has 0 bridgehead atoms. The van der Waals surface area contributed by atoms with E-state index in [1.54, 1.807) is 4.90 Å². The first kappa shape index (κ1) is 24.0. The Morgan fingerprint density at radius 2 is 1.31 bits per heavy atom. The summed E-state index contributed by atoms with van der Waals surface area (Å²) in [6.45, 7) is 7.44. The van der Waals surface area contributed by atoms with Crippen molar-refractivity contribution in [2.24, 2.45) is 0 Å². The molecule has 0 saturated heterocycles. The van der Waals surface area contributed by atoms with Gasteiger partial charge in [-0.15, -0.1) is 0 Å². The van der Waals surface area contributed by atoms with E-state index >= 15 is 0 Å². The Bertz CT molecular complexity index is 463. The smallest absolute Gasteiger partial charge is 0.306 e. The third kappa shape index (κ3) is 10.8. The zero-order valence-electron chi connectivity index (χ0n) is 16.4. The van der Waals surface area contributed by atoms with Gasteiger partial charge in [-0.2, -0.15) is 0 Å². The van der Waals surface area contributed by atoms with Crippen LogP contribution in [0.5, 0.6) is 0 Å². The molecular weight excluding hydrogens is 340 g/mol. The van der Waals surface area contributed by atoms with Gasteiger partial charge in [0, 0.05) is 46.0 Å². The predicted octanol–water partition coefficient (Wildman–Crippen LogP) is 1.02. The second-order valence-corrected chi connectivity index (χ2v) is 5.86. The number of hydrogen-bond donors (Lipinski definition) is 0. The first-order chi connectivity index (χ1) is 12.3. The van der Waals surface area contributed by atoms with Crippen LogP contribution in [0.2, 0.25) is 0 Å². The molecule has 0 atom stereocenters. The molecule has 0 saturated carbocycles. The highest BCUT2D eigenvalue weighted by Crippen LogP contribution is 2.03. The largest absolute Gasteiger partial charge is 0.464 e. The van der Waals surface area contributed by atoms with Crippen molar-refractivity contribution in [2.75, 3.05) is 46.5 Å². The molecule has 0 aromatic rings. The number of ketones is 1. The quantitative estimate of drug-likeness (QED) is 0.423. The number of carbonyl (C=O) groups excluding carboxylic acids is 4. The van der Waals surface area contributed by atoms with E-state index in [9.17, 15) is 19.2 Å². The molecule has 0 aliphatic heterocycles. The summed E-state index contributed by atoms with van der Waals surface area (Å²) in [6.07, 6.45) is 0.456. The van der Waals surface area contributed by atoms with Crippen molar-refractivity contribution < 1.29 is 28.7 Å². The minimum absolute atomic E-state index is 0.0414. The maximum absolute atomic E-state index is 12.4. The highest BCUT2D eigenvalue weighted by atomic mass is 16.5. The molecule has 0 N–H and O–H groups in total. The molecule has 8 nitrogen and oxygen atoms in total. The SMILES string of the molecule is CCN(CC)C(=O)CCC(=O)N(CCOC)CCOC(=O)CCC(C)=O. The van der Waals surface area contributed by atoms with Gasteiger partial charge >= 0.3 is 5.97 Å². The third-order valence-electron chi connectivity index (χ3n) is 3.89. The standard InChI is InChI=1S/C18H32N2O6/c1-5-19(6-2)16(22)8-9-17(23)20(11-13-25-4)12-14-26-18(24)10-7-15(3)21/h5-14H2,1-4H3. The van der Waals surface area contributed by atoms with Gasteiger partial charge in [0.2, 0.25) is 11.8 Å². The number of rotatable bonds is 14. The maximum atomic E-state index is 12.4. The molecule has 0 fully saturated rings. The third-order valence-corrected chi connectivity index (χ3v) is 3.89. The lowest BCUT2D eigenvalue weighted by atomic mass is 10.2. The van der Waals surface area contributed by atoms with Crippen LogP contribution >= 0.6 is 0 Å². The lowest BCUT2D eigenvalue weighted by Gasteiger charge is -2.23. The maximum Gasteiger partial charge on any atom is 0.306 e. The zero-order valence-corrected chi connectivity index (χ0v) is 16.4. The van der Waals surface area contributed by atoms with E-state index in [4.69, 9.17) is 9.47 Å². The number of ether oxygens (including phenoxy) is 2. The fourth-order valence-corrected chi connectivity index (χ4v) is 2.29. The molecule has 0 aliphatic carbocycles. The molecule has 2 amide bonds. The average molecular weight is 372 g/mol. The predicted molar refractivity (Wildman–Crippen MR) is 96.5 cm³/mol. The highest BCUT2D eigenvalue weighted by Gasteiger charge is 2.17. The average Bonchev–Trinajstić information content (AvgIpc) is 2.61. The number of hydrogen-bond acceptors (Lipinski definition) is 6. The summed E-state index contributed by atoms with van der Waals surface area (Å²) in [5, 5.41) is 0. The summed E-state index contributed by atoms with van der Waals surface area (Å²) >= 11 is 0. The Morgan fingerprint density at radius 3 is 1.81 bits per heavy atom. The molecule has 0 heterocycles. The van der Waals surface area contributed by atoms with Crippen molar-refractivity contribution in [1.29, 1.82) is 0 Å². The van der Waals surface area contributed by atoms with E-state index in [2.05, 4.69) is 0 Å². The number of amides is 2. The number of carbonyl (C=O) groups is 4. The van der Waals surface area contributed by atoms with E-state index in [0.29, 0.717) is 26.2 Å². The van der Waals surface area contributed by atoms with Crippen LogP contribution < -0.4 is 0 Å². The molecule has 8 heteroatoms. The summed E-state index contributed by atoms with van der Waals surface area (Å²) in [7, 11) is 1.54. The van der Waals surface area contributed by atoms with E-state index in [-0.39, 0.29) is 56.4 Å². The Morgan fingerprint density at radius 1 is 0.769 bits per heavy atom. The van der Waals surface area contributed by atoms with Crippen LogP contribution in [0, 0.1) is 0 Å². The van der Waals surface area contributed by atoms with Crippen LogP contribution in [0.25, 0.3) is 0 Å². The van der Waals surface area contributed by atoms with Gasteiger partial charge in [0.1, 0.15) is 12.4 Å². The van der Waals surface area contributed by atoms with Crippen molar-refractivity contribution in [1.82, 2.24) is 9.80 Å². The van der Waals surface area contributed by atoms with Crippen molar-refractivity contribution in [3.63, 3.8) is 0 Å². The van der Waals surface area contributed by atoms with Crippen molar-refractivity contribution in [3.8, 4) is 0 Å². The fourth-order valence-electron chi connectivity index (χ4n) is 2.29. The van der Waals surface area contributed by atoms with Crippen LogP contribution in [0.1, 0.15) is 46.5 Å². The number of Topliss-reactive ketones (excluding diaryl/α,β-unsaturated/α-hetero) is 1. The van der Waals surface area contributed by atoms with E-state index in [0.717, 1.165) is 0 Å². The zero-order chi connectivity index (χ0) is 19.9. The van der Waals surface area contributed by atoms with Crippen LogP contribution in [-0.4, -0.2) is 79.9 Å². The van der Waals surface area contributed by atoms with Gasteiger partial charge in [-0.05, 0) is 20.8 Å².